The summed E-state index contributed by atoms with van der Waals surface area (Å²) in [5, 5.41) is 0. The first-order chi connectivity index (χ1) is 8.16. The molecule has 1 fully saturated rings. The fourth-order valence-corrected chi connectivity index (χ4v) is 3.06. The molecule has 4 heteroatoms. The van der Waals surface area contributed by atoms with E-state index in [0.29, 0.717) is 5.44 Å². The third-order valence-corrected chi connectivity index (χ3v) is 4.31. The zero-order valence-electron chi connectivity index (χ0n) is 10.8. The fraction of sp³-hybridized carbons (Fsp3) is 0.692. The molecule has 3 nitrogen and oxygen atoms in total. The van der Waals surface area contributed by atoms with Crippen molar-refractivity contribution in [3.63, 3.8) is 0 Å². The van der Waals surface area contributed by atoms with E-state index in [2.05, 4.69) is 9.97 Å². The summed E-state index contributed by atoms with van der Waals surface area (Å²) < 4.78 is 5.71. The minimum atomic E-state index is 0.353. The van der Waals surface area contributed by atoms with Crippen molar-refractivity contribution in [2.75, 3.05) is 6.61 Å². The summed E-state index contributed by atoms with van der Waals surface area (Å²) in [7, 11) is 0. The molecule has 1 aromatic rings. The molecule has 1 saturated heterocycles. The quantitative estimate of drug-likeness (QED) is 0.827. The molecule has 0 radical (unpaired) electrons. The lowest BCUT2D eigenvalue weighted by Gasteiger charge is -2.22. The average Bonchev–Trinajstić information content (AvgIpc) is 2.33. The number of aryl methyl sites for hydroxylation is 3. The van der Waals surface area contributed by atoms with Crippen LogP contribution in [0.2, 0.25) is 0 Å². The number of ether oxygens (including phenoxy) is 1. The maximum atomic E-state index is 5.71. The van der Waals surface area contributed by atoms with E-state index in [1.807, 2.05) is 32.5 Å². The van der Waals surface area contributed by atoms with Crippen LogP contribution in [-0.2, 0) is 10.5 Å². The van der Waals surface area contributed by atoms with Crippen molar-refractivity contribution in [2.24, 2.45) is 0 Å². The second kappa shape index (κ2) is 5.83. The summed E-state index contributed by atoms with van der Waals surface area (Å²) in [6.07, 6.45) is 3.66. The second-order valence-corrected chi connectivity index (χ2v) is 5.68. The highest BCUT2D eigenvalue weighted by Gasteiger charge is 2.15. The highest BCUT2D eigenvalue weighted by Crippen LogP contribution is 2.26. The Morgan fingerprint density at radius 2 is 1.88 bits per heavy atom. The van der Waals surface area contributed by atoms with E-state index in [-0.39, 0.29) is 0 Å². The maximum Gasteiger partial charge on any atom is 0.103 e. The van der Waals surface area contributed by atoms with Gasteiger partial charge in [-0.05, 0) is 40.0 Å². The van der Waals surface area contributed by atoms with Crippen molar-refractivity contribution in [3.05, 3.63) is 22.8 Å². The molecule has 1 unspecified atom stereocenters. The van der Waals surface area contributed by atoms with Crippen LogP contribution in [0, 0.1) is 20.8 Å². The van der Waals surface area contributed by atoms with Crippen molar-refractivity contribution in [2.45, 2.75) is 51.2 Å². The van der Waals surface area contributed by atoms with Crippen LogP contribution in [0.15, 0.2) is 0 Å². The second-order valence-electron chi connectivity index (χ2n) is 4.53. The number of thioether (sulfide) groups is 1. The number of rotatable bonds is 3. The van der Waals surface area contributed by atoms with Crippen LogP contribution in [0.1, 0.15) is 42.0 Å². The minimum absolute atomic E-state index is 0.353. The van der Waals surface area contributed by atoms with Gasteiger partial charge >= 0.3 is 0 Å². The topological polar surface area (TPSA) is 35.0 Å². The van der Waals surface area contributed by atoms with Crippen molar-refractivity contribution in [3.8, 4) is 0 Å². The molecule has 1 aliphatic heterocycles. The van der Waals surface area contributed by atoms with Crippen LogP contribution in [0.3, 0.4) is 0 Å². The number of nitrogens with zero attached hydrogens (tertiary/aromatic N) is 2. The monoisotopic (exact) mass is 252 g/mol. The number of aromatic nitrogens is 2. The van der Waals surface area contributed by atoms with E-state index < -0.39 is 0 Å². The molecule has 1 aliphatic rings. The Morgan fingerprint density at radius 1 is 1.12 bits per heavy atom. The Morgan fingerprint density at radius 3 is 2.59 bits per heavy atom. The van der Waals surface area contributed by atoms with Gasteiger partial charge in [-0.1, -0.05) is 0 Å². The maximum absolute atomic E-state index is 5.71. The van der Waals surface area contributed by atoms with Crippen LogP contribution >= 0.6 is 11.8 Å². The van der Waals surface area contributed by atoms with Gasteiger partial charge in [-0.25, -0.2) is 0 Å². The van der Waals surface area contributed by atoms with Gasteiger partial charge in [0, 0.05) is 12.4 Å². The van der Waals surface area contributed by atoms with Crippen LogP contribution in [0.25, 0.3) is 0 Å². The first kappa shape index (κ1) is 12.8. The molecular formula is C13H20N2OS. The largest absolute Gasteiger partial charge is 0.368 e. The van der Waals surface area contributed by atoms with E-state index in [1.165, 1.54) is 19.3 Å². The first-order valence-electron chi connectivity index (χ1n) is 6.20. The smallest absolute Gasteiger partial charge is 0.103 e. The normalized spacial score (nSPS) is 20.5. The molecule has 0 spiro atoms. The lowest BCUT2D eigenvalue weighted by Crippen LogP contribution is -2.16. The highest BCUT2D eigenvalue weighted by atomic mass is 32.2. The third kappa shape index (κ3) is 3.42. The van der Waals surface area contributed by atoms with E-state index in [0.717, 1.165) is 35.1 Å². The summed E-state index contributed by atoms with van der Waals surface area (Å²) in [5.41, 5.74) is 4.58. The van der Waals surface area contributed by atoms with Crippen LogP contribution in [-0.4, -0.2) is 22.0 Å². The average molecular weight is 252 g/mol. The van der Waals surface area contributed by atoms with Crippen LogP contribution in [0.5, 0.6) is 0 Å². The molecule has 2 rings (SSSR count). The van der Waals surface area contributed by atoms with Crippen LogP contribution < -0.4 is 0 Å². The predicted octanol–water partition coefficient (Wildman–Crippen LogP) is 3.16. The summed E-state index contributed by atoms with van der Waals surface area (Å²) in [4.78, 5) is 9.14. The first-order valence-corrected chi connectivity index (χ1v) is 7.25. The molecule has 1 atom stereocenters. The zero-order chi connectivity index (χ0) is 12.3. The Bertz CT molecular complexity index is 389. The van der Waals surface area contributed by atoms with Gasteiger partial charge in [-0.15, -0.1) is 11.8 Å². The number of hydrogen-bond donors (Lipinski definition) is 0. The summed E-state index contributed by atoms with van der Waals surface area (Å²) in [6.45, 7) is 6.98. The van der Waals surface area contributed by atoms with E-state index in [1.54, 1.807) is 0 Å². The highest BCUT2D eigenvalue weighted by molar-refractivity contribution is 7.99. The Balaban J connectivity index is 1.96. The molecule has 0 saturated carbocycles. The van der Waals surface area contributed by atoms with Gasteiger partial charge in [0.1, 0.15) is 5.44 Å². The predicted molar refractivity (Wildman–Crippen MR) is 71.1 cm³/mol. The molecule has 94 valence electrons. The number of hydrogen-bond acceptors (Lipinski definition) is 4. The standard InChI is InChI=1S/C13H20N2OS/c1-9-10(2)15-12(11(3)14-9)8-17-13-6-4-5-7-16-13/h13H,4-8H2,1-3H3. The summed E-state index contributed by atoms with van der Waals surface area (Å²) >= 11 is 1.85. The Kier molecular flexibility index (Phi) is 4.40. The molecule has 0 aliphatic carbocycles. The van der Waals surface area contributed by atoms with Crippen LogP contribution in [0.4, 0.5) is 0 Å². The van der Waals surface area contributed by atoms with Gasteiger partial charge in [0.25, 0.3) is 0 Å². The summed E-state index contributed by atoms with van der Waals surface area (Å²) in [6, 6.07) is 0. The van der Waals surface area contributed by atoms with Gasteiger partial charge in [0.05, 0.1) is 22.8 Å². The van der Waals surface area contributed by atoms with E-state index in [9.17, 15) is 0 Å². The molecule has 17 heavy (non-hydrogen) atoms. The third-order valence-electron chi connectivity index (χ3n) is 3.12. The van der Waals surface area contributed by atoms with Crippen molar-refractivity contribution < 1.29 is 4.74 Å². The van der Waals surface area contributed by atoms with Crippen molar-refractivity contribution in [1.82, 2.24) is 9.97 Å². The molecule has 0 N–H and O–H groups in total. The van der Waals surface area contributed by atoms with Gasteiger partial charge in [0.15, 0.2) is 0 Å². The zero-order valence-corrected chi connectivity index (χ0v) is 11.6. The van der Waals surface area contributed by atoms with Crippen molar-refractivity contribution in [1.29, 1.82) is 0 Å². The lowest BCUT2D eigenvalue weighted by atomic mass is 10.2. The van der Waals surface area contributed by atoms with Gasteiger partial charge in [-0.2, -0.15) is 0 Å². The van der Waals surface area contributed by atoms with E-state index >= 15 is 0 Å². The lowest BCUT2D eigenvalue weighted by molar-refractivity contribution is 0.0727. The van der Waals surface area contributed by atoms with Crippen molar-refractivity contribution >= 4 is 11.8 Å². The van der Waals surface area contributed by atoms with Gasteiger partial charge < -0.3 is 4.74 Å². The Hall–Kier alpha value is -0.610. The molecule has 0 amide bonds. The molecule has 1 aromatic heterocycles. The Labute approximate surface area is 107 Å². The summed E-state index contributed by atoms with van der Waals surface area (Å²) in [5.74, 6) is 0.907. The molecular weight excluding hydrogens is 232 g/mol. The molecule has 2 heterocycles. The minimum Gasteiger partial charge on any atom is -0.368 e. The van der Waals surface area contributed by atoms with Gasteiger partial charge in [-0.3, -0.25) is 9.97 Å². The molecule has 0 bridgehead atoms. The van der Waals surface area contributed by atoms with E-state index in [4.69, 9.17) is 4.74 Å². The molecule has 0 aromatic carbocycles. The SMILES string of the molecule is Cc1nc(C)c(CSC2CCCCO2)nc1C. The van der Waals surface area contributed by atoms with Gasteiger partial charge in [0.2, 0.25) is 0 Å². The fourth-order valence-electron chi connectivity index (χ4n) is 1.91.